The maximum Gasteiger partial charge on any atom is 0.338 e. The first kappa shape index (κ1) is 19.1. The number of esters is 1. The summed E-state index contributed by atoms with van der Waals surface area (Å²) < 4.78 is 4.94. The van der Waals surface area contributed by atoms with Crippen LogP contribution in [0.1, 0.15) is 71.6 Å². The molecule has 5 heteroatoms. The van der Waals surface area contributed by atoms with E-state index in [0.717, 1.165) is 17.5 Å². The summed E-state index contributed by atoms with van der Waals surface area (Å²) >= 11 is 0. The fourth-order valence-corrected chi connectivity index (χ4v) is 3.50. The van der Waals surface area contributed by atoms with E-state index >= 15 is 0 Å². The van der Waals surface area contributed by atoms with Crippen molar-refractivity contribution in [1.29, 1.82) is 0 Å². The number of fused-ring (bicyclic) bond motifs is 1. The maximum absolute atomic E-state index is 12.5. The van der Waals surface area contributed by atoms with Crippen LogP contribution in [0.5, 0.6) is 0 Å². The topological polar surface area (TPSA) is 75.6 Å². The molecule has 1 atom stereocenters. The number of ether oxygens (including phenoxy) is 1. The van der Waals surface area contributed by atoms with E-state index < -0.39 is 12.1 Å². The van der Waals surface area contributed by atoms with Gasteiger partial charge in [-0.2, -0.15) is 0 Å². The van der Waals surface area contributed by atoms with Crippen LogP contribution in [0, 0.1) is 0 Å². The molecule has 2 N–H and O–H groups in total. The summed E-state index contributed by atoms with van der Waals surface area (Å²) in [6, 6.07) is 12.0. The molecule has 0 fully saturated rings. The van der Waals surface area contributed by atoms with Crippen molar-refractivity contribution in [1.82, 2.24) is 0 Å². The number of nitrogens with one attached hydrogen (secondary N) is 1. The van der Waals surface area contributed by atoms with Crippen LogP contribution in [-0.4, -0.2) is 23.6 Å². The van der Waals surface area contributed by atoms with E-state index in [9.17, 15) is 14.7 Å². The molecule has 27 heavy (non-hydrogen) atoms. The molecule has 0 heterocycles. The summed E-state index contributed by atoms with van der Waals surface area (Å²) in [5.74, 6) is -0.675. The number of aliphatic hydroxyl groups is 1. The minimum absolute atomic E-state index is 0.0139. The zero-order valence-corrected chi connectivity index (χ0v) is 15.9. The van der Waals surface area contributed by atoms with Crippen LogP contribution in [-0.2, 0) is 10.2 Å². The molecule has 0 spiro atoms. The third kappa shape index (κ3) is 4.03. The molecule has 0 aliphatic heterocycles. The number of carbonyl (C=O) groups excluding carboxylic acids is 2. The second-order valence-corrected chi connectivity index (χ2v) is 7.49. The van der Waals surface area contributed by atoms with Crippen molar-refractivity contribution >= 4 is 17.6 Å². The van der Waals surface area contributed by atoms with Crippen LogP contribution >= 0.6 is 0 Å². The molecule has 2 aromatic rings. The van der Waals surface area contributed by atoms with Gasteiger partial charge in [-0.1, -0.05) is 19.9 Å². The van der Waals surface area contributed by atoms with Gasteiger partial charge in [-0.15, -0.1) is 0 Å². The quantitative estimate of drug-likeness (QED) is 0.794. The van der Waals surface area contributed by atoms with E-state index in [1.807, 2.05) is 18.2 Å². The predicted molar refractivity (Wildman–Crippen MR) is 104 cm³/mol. The average Bonchev–Trinajstić information content (AvgIpc) is 2.65. The van der Waals surface area contributed by atoms with E-state index in [4.69, 9.17) is 4.74 Å². The van der Waals surface area contributed by atoms with Gasteiger partial charge in [-0.05, 0) is 72.7 Å². The van der Waals surface area contributed by atoms with Crippen LogP contribution < -0.4 is 5.32 Å². The van der Waals surface area contributed by atoms with Crippen molar-refractivity contribution < 1.29 is 19.4 Å². The maximum atomic E-state index is 12.5. The van der Waals surface area contributed by atoms with Gasteiger partial charge in [0.1, 0.15) is 0 Å². The van der Waals surface area contributed by atoms with Crippen molar-refractivity contribution in [3.63, 3.8) is 0 Å². The highest BCUT2D eigenvalue weighted by atomic mass is 16.5. The summed E-state index contributed by atoms with van der Waals surface area (Å²) in [6.45, 7) is 6.39. The minimum atomic E-state index is -0.506. The lowest BCUT2D eigenvalue weighted by Crippen LogP contribution is -2.26. The smallest absolute Gasteiger partial charge is 0.338 e. The second-order valence-electron chi connectivity index (χ2n) is 7.49. The number of amides is 1. The molecule has 1 amide bonds. The lowest BCUT2D eigenvalue weighted by molar-refractivity contribution is 0.0526. The number of hydrogen-bond acceptors (Lipinski definition) is 4. The van der Waals surface area contributed by atoms with Gasteiger partial charge in [0.2, 0.25) is 0 Å². The highest BCUT2D eigenvalue weighted by molar-refractivity contribution is 6.04. The highest BCUT2D eigenvalue weighted by Crippen LogP contribution is 2.42. The Hall–Kier alpha value is -2.66. The molecule has 0 bridgehead atoms. The zero-order chi connectivity index (χ0) is 19.6. The fourth-order valence-electron chi connectivity index (χ4n) is 3.50. The molecule has 142 valence electrons. The van der Waals surface area contributed by atoms with Crippen molar-refractivity contribution in [2.75, 3.05) is 11.9 Å². The first-order valence-corrected chi connectivity index (χ1v) is 9.23. The predicted octanol–water partition coefficient (Wildman–Crippen LogP) is 4.22. The molecule has 0 aromatic heterocycles. The molecule has 0 saturated heterocycles. The number of hydrogen-bond donors (Lipinski definition) is 2. The van der Waals surface area contributed by atoms with Gasteiger partial charge in [-0.25, -0.2) is 4.79 Å². The van der Waals surface area contributed by atoms with Gasteiger partial charge >= 0.3 is 5.97 Å². The molecule has 0 radical (unpaired) electrons. The fraction of sp³-hybridized carbons (Fsp3) is 0.364. The van der Waals surface area contributed by atoms with Crippen LogP contribution in [0.4, 0.5) is 5.69 Å². The number of benzene rings is 2. The van der Waals surface area contributed by atoms with E-state index in [1.165, 1.54) is 0 Å². The number of anilines is 1. The van der Waals surface area contributed by atoms with Crippen molar-refractivity contribution in [2.24, 2.45) is 0 Å². The summed E-state index contributed by atoms with van der Waals surface area (Å²) in [5.41, 5.74) is 3.51. The Morgan fingerprint density at radius 2 is 1.81 bits per heavy atom. The van der Waals surface area contributed by atoms with Crippen LogP contribution in [0.2, 0.25) is 0 Å². The monoisotopic (exact) mass is 367 g/mol. The first-order valence-electron chi connectivity index (χ1n) is 9.23. The Bertz CT molecular complexity index is 855. The SMILES string of the molecule is CCOC(=O)c1ccc(C(=O)Nc2ccc3c(c2)C(O)CCC3(C)C)cc1. The summed E-state index contributed by atoms with van der Waals surface area (Å²) in [5, 5.41) is 13.2. The van der Waals surface area contributed by atoms with Crippen molar-refractivity contribution in [2.45, 2.75) is 45.1 Å². The molecule has 1 unspecified atom stereocenters. The van der Waals surface area contributed by atoms with Gasteiger partial charge in [0.05, 0.1) is 18.3 Å². The van der Waals surface area contributed by atoms with E-state index in [-0.39, 0.29) is 11.3 Å². The third-order valence-electron chi connectivity index (χ3n) is 5.10. The normalized spacial score (nSPS) is 17.7. The molecule has 1 aliphatic rings. The molecular weight excluding hydrogens is 342 g/mol. The Balaban J connectivity index is 1.77. The lowest BCUT2D eigenvalue weighted by atomic mass is 9.71. The van der Waals surface area contributed by atoms with Crippen LogP contribution in [0.15, 0.2) is 42.5 Å². The van der Waals surface area contributed by atoms with E-state index in [1.54, 1.807) is 31.2 Å². The van der Waals surface area contributed by atoms with Gasteiger partial charge in [0.15, 0.2) is 0 Å². The standard InChI is InChI=1S/C22H25NO4/c1-4-27-21(26)15-7-5-14(6-8-15)20(25)23-16-9-10-18-17(13-16)19(24)11-12-22(18,2)3/h5-10,13,19,24H,4,11-12H2,1-3H3,(H,23,25). The highest BCUT2D eigenvalue weighted by Gasteiger charge is 2.31. The largest absolute Gasteiger partial charge is 0.462 e. The molecule has 5 nitrogen and oxygen atoms in total. The third-order valence-corrected chi connectivity index (χ3v) is 5.10. The summed E-state index contributed by atoms with van der Waals surface area (Å²) in [7, 11) is 0. The van der Waals surface area contributed by atoms with E-state index in [0.29, 0.717) is 29.8 Å². The van der Waals surface area contributed by atoms with Gasteiger partial charge in [0.25, 0.3) is 5.91 Å². The Morgan fingerprint density at radius 1 is 1.15 bits per heavy atom. The minimum Gasteiger partial charge on any atom is -0.462 e. The first-order chi connectivity index (χ1) is 12.8. The van der Waals surface area contributed by atoms with Crippen molar-refractivity contribution in [3.8, 4) is 0 Å². The van der Waals surface area contributed by atoms with E-state index in [2.05, 4.69) is 19.2 Å². The van der Waals surface area contributed by atoms with Crippen LogP contribution in [0.3, 0.4) is 0 Å². The molecular formula is C22H25NO4. The van der Waals surface area contributed by atoms with Crippen molar-refractivity contribution in [3.05, 3.63) is 64.7 Å². The number of aliphatic hydroxyl groups excluding tert-OH is 1. The Kier molecular flexibility index (Phi) is 5.33. The van der Waals surface area contributed by atoms with Crippen LogP contribution in [0.25, 0.3) is 0 Å². The Morgan fingerprint density at radius 3 is 2.48 bits per heavy atom. The summed E-state index contributed by atoms with van der Waals surface area (Å²) in [4.78, 5) is 24.2. The summed E-state index contributed by atoms with van der Waals surface area (Å²) in [6.07, 6.45) is 1.14. The molecule has 3 rings (SSSR count). The molecule has 1 aliphatic carbocycles. The second kappa shape index (κ2) is 7.53. The average molecular weight is 367 g/mol. The Labute approximate surface area is 159 Å². The van der Waals surface area contributed by atoms with Gasteiger partial charge in [-0.3, -0.25) is 4.79 Å². The number of rotatable bonds is 4. The lowest BCUT2D eigenvalue weighted by Gasteiger charge is -2.35. The zero-order valence-electron chi connectivity index (χ0n) is 15.9. The molecule has 2 aromatic carbocycles. The number of carbonyl (C=O) groups is 2. The molecule has 0 saturated carbocycles. The van der Waals surface area contributed by atoms with Gasteiger partial charge in [0, 0.05) is 11.3 Å². The van der Waals surface area contributed by atoms with Gasteiger partial charge < -0.3 is 15.2 Å².